The minimum atomic E-state index is 0.0808. The van der Waals surface area contributed by atoms with E-state index in [1.165, 1.54) is 0 Å². The number of nitrogens with one attached hydrogen (secondary N) is 2. The summed E-state index contributed by atoms with van der Waals surface area (Å²) >= 11 is 0. The molecule has 2 rings (SSSR count). The van der Waals surface area contributed by atoms with Crippen LogP contribution < -0.4 is 15.5 Å². The van der Waals surface area contributed by atoms with Crippen molar-refractivity contribution in [2.45, 2.75) is 32.7 Å². The zero-order chi connectivity index (χ0) is 18.1. The second-order valence-corrected chi connectivity index (χ2v) is 6.26. The molecule has 1 atom stereocenters. The van der Waals surface area contributed by atoms with Crippen LogP contribution in [0.25, 0.3) is 0 Å². The third-order valence-electron chi connectivity index (χ3n) is 4.42. The molecule has 1 saturated heterocycles. The highest BCUT2D eigenvalue weighted by Gasteiger charge is 2.20. The summed E-state index contributed by atoms with van der Waals surface area (Å²) in [6, 6.07) is 6.22. The van der Waals surface area contributed by atoms with Gasteiger partial charge in [0, 0.05) is 58.4 Å². The number of aromatic nitrogens is 1. The Morgan fingerprint density at radius 2 is 2.08 bits per heavy atom. The van der Waals surface area contributed by atoms with Crippen molar-refractivity contribution in [1.29, 1.82) is 0 Å². The molecule has 0 bridgehead atoms. The normalized spacial score (nSPS) is 16.5. The van der Waals surface area contributed by atoms with Crippen LogP contribution in [-0.4, -0.2) is 67.6 Å². The lowest BCUT2D eigenvalue weighted by atomic mass is 10.2. The van der Waals surface area contributed by atoms with Gasteiger partial charge in [-0.1, -0.05) is 13.0 Å². The highest BCUT2D eigenvalue weighted by atomic mass is 16.1. The minimum absolute atomic E-state index is 0.0808. The molecule has 0 aromatic carbocycles. The fraction of sp³-hybridized carbons (Fsp3) is 0.611. The number of piperazine rings is 1. The maximum atomic E-state index is 11.8. The lowest BCUT2D eigenvalue weighted by molar-refractivity contribution is -0.121. The van der Waals surface area contributed by atoms with Crippen molar-refractivity contribution in [3.63, 3.8) is 0 Å². The highest BCUT2D eigenvalue weighted by molar-refractivity contribution is 5.81. The first-order valence-corrected chi connectivity index (χ1v) is 9.05. The Labute approximate surface area is 150 Å². The number of carbonyl (C=O) groups excluding carboxylic acids is 1. The first-order valence-electron chi connectivity index (χ1n) is 9.05. The Hall–Kier alpha value is -2.31. The molecule has 1 amide bonds. The first kappa shape index (κ1) is 19.0. The van der Waals surface area contributed by atoms with Crippen LogP contribution in [-0.2, 0) is 4.79 Å². The number of anilines is 1. The van der Waals surface area contributed by atoms with Gasteiger partial charge in [0.05, 0.1) is 0 Å². The zero-order valence-electron chi connectivity index (χ0n) is 15.5. The predicted octanol–water partition coefficient (Wildman–Crippen LogP) is 1.08. The second-order valence-electron chi connectivity index (χ2n) is 6.26. The molecule has 7 nitrogen and oxygen atoms in total. The van der Waals surface area contributed by atoms with Gasteiger partial charge < -0.3 is 20.4 Å². The quantitative estimate of drug-likeness (QED) is 0.596. The molecule has 138 valence electrons. The van der Waals surface area contributed by atoms with Gasteiger partial charge in [0.15, 0.2) is 5.96 Å². The van der Waals surface area contributed by atoms with Gasteiger partial charge in [0.1, 0.15) is 5.82 Å². The van der Waals surface area contributed by atoms with E-state index in [2.05, 4.69) is 37.3 Å². The topological polar surface area (TPSA) is 72.9 Å². The van der Waals surface area contributed by atoms with Gasteiger partial charge >= 0.3 is 0 Å². The molecule has 2 heterocycles. The molecule has 1 fully saturated rings. The van der Waals surface area contributed by atoms with Crippen LogP contribution >= 0.6 is 0 Å². The number of amides is 1. The van der Waals surface area contributed by atoms with Crippen molar-refractivity contribution in [3.8, 4) is 0 Å². The van der Waals surface area contributed by atoms with E-state index < -0.39 is 0 Å². The van der Waals surface area contributed by atoms with Crippen LogP contribution in [0.5, 0.6) is 0 Å². The molecule has 1 aliphatic rings. The van der Waals surface area contributed by atoms with Gasteiger partial charge in [-0.3, -0.25) is 9.79 Å². The van der Waals surface area contributed by atoms with Crippen LogP contribution in [0.4, 0.5) is 5.82 Å². The Morgan fingerprint density at radius 3 is 2.68 bits per heavy atom. The fourth-order valence-electron chi connectivity index (χ4n) is 2.76. The third-order valence-corrected chi connectivity index (χ3v) is 4.42. The number of hydrogen-bond acceptors (Lipinski definition) is 4. The molecular formula is C18H30N6O. The molecular weight excluding hydrogens is 316 g/mol. The predicted molar refractivity (Wildman–Crippen MR) is 102 cm³/mol. The highest BCUT2D eigenvalue weighted by Crippen LogP contribution is 2.12. The van der Waals surface area contributed by atoms with Crippen LogP contribution in [0, 0.1) is 0 Å². The SMILES string of the molecule is CCC(C)NC(=O)CCNC(=NC)N1CCN(c2ccccn2)CC1. The maximum absolute atomic E-state index is 11.8. The van der Waals surface area contributed by atoms with Crippen molar-refractivity contribution >= 4 is 17.7 Å². The first-order chi connectivity index (χ1) is 12.1. The standard InChI is InChI=1S/C18H30N6O/c1-4-15(2)22-17(25)8-10-21-18(19-3)24-13-11-23(12-14-24)16-7-5-6-9-20-16/h5-7,9,15H,4,8,10-14H2,1-3H3,(H,19,21)(H,22,25). The Balaban J connectivity index is 1.74. The summed E-state index contributed by atoms with van der Waals surface area (Å²) in [4.78, 5) is 25.1. The van der Waals surface area contributed by atoms with Crippen LogP contribution in [0.15, 0.2) is 29.4 Å². The molecule has 2 N–H and O–H groups in total. The molecule has 1 unspecified atom stereocenters. The summed E-state index contributed by atoms with van der Waals surface area (Å²) in [5.41, 5.74) is 0. The molecule has 1 aromatic heterocycles. The van der Waals surface area contributed by atoms with E-state index in [-0.39, 0.29) is 11.9 Å². The summed E-state index contributed by atoms with van der Waals surface area (Å²) < 4.78 is 0. The smallest absolute Gasteiger partial charge is 0.221 e. The van der Waals surface area contributed by atoms with Crippen LogP contribution in [0.3, 0.4) is 0 Å². The van der Waals surface area contributed by atoms with Crippen molar-refractivity contribution in [3.05, 3.63) is 24.4 Å². The van der Waals surface area contributed by atoms with Crippen molar-refractivity contribution in [2.24, 2.45) is 4.99 Å². The van der Waals surface area contributed by atoms with E-state index >= 15 is 0 Å². The van der Waals surface area contributed by atoms with E-state index in [9.17, 15) is 4.79 Å². The second kappa shape index (κ2) is 9.86. The van der Waals surface area contributed by atoms with Gasteiger partial charge in [-0.05, 0) is 25.5 Å². The largest absolute Gasteiger partial charge is 0.356 e. The van der Waals surface area contributed by atoms with Gasteiger partial charge in [-0.15, -0.1) is 0 Å². The monoisotopic (exact) mass is 346 g/mol. The number of guanidine groups is 1. The number of hydrogen-bond donors (Lipinski definition) is 2. The van der Waals surface area contributed by atoms with Gasteiger partial charge in [0.25, 0.3) is 0 Å². The van der Waals surface area contributed by atoms with Gasteiger partial charge in [-0.25, -0.2) is 4.98 Å². The summed E-state index contributed by atoms with van der Waals surface area (Å²) in [5, 5.41) is 6.28. The Bertz CT molecular complexity index is 554. The van der Waals surface area contributed by atoms with Crippen LogP contribution in [0.1, 0.15) is 26.7 Å². The van der Waals surface area contributed by atoms with E-state index in [0.29, 0.717) is 13.0 Å². The van der Waals surface area contributed by atoms with Crippen LogP contribution in [0.2, 0.25) is 0 Å². The average molecular weight is 346 g/mol. The third kappa shape index (κ3) is 5.92. The number of carbonyl (C=O) groups is 1. The molecule has 1 aromatic rings. The fourth-order valence-corrected chi connectivity index (χ4v) is 2.76. The van der Waals surface area contributed by atoms with Gasteiger partial charge in [0.2, 0.25) is 5.91 Å². The molecule has 0 saturated carbocycles. The molecule has 0 aliphatic carbocycles. The van der Waals surface area contributed by atoms with E-state index in [0.717, 1.165) is 44.4 Å². The Morgan fingerprint density at radius 1 is 1.32 bits per heavy atom. The molecule has 7 heteroatoms. The Kier molecular flexibility index (Phi) is 7.50. The van der Waals surface area contributed by atoms with Crippen molar-refractivity contribution < 1.29 is 4.79 Å². The van der Waals surface area contributed by atoms with E-state index in [1.54, 1.807) is 7.05 Å². The number of rotatable bonds is 6. The number of nitrogens with zero attached hydrogens (tertiary/aromatic N) is 4. The molecule has 25 heavy (non-hydrogen) atoms. The van der Waals surface area contributed by atoms with E-state index in [1.807, 2.05) is 31.3 Å². The summed E-state index contributed by atoms with van der Waals surface area (Å²) in [5.74, 6) is 1.96. The summed E-state index contributed by atoms with van der Waals surface area (Å²) in [6.45, 7) is 8.26. The number of aliphatic imine (C=N–C) groups is 1. The van der Waals surface area contributed by atoms with E-state index in [4.69, 9.17) is 0 Å². The summed E-state index contributed by atoms with van der Waals surface area (Å²) in [6.07, 6.45) is 3.23. The lowest BCUT2D eigenvalue weighted by Gasteiger charge is -2.37. The minimum Gasteiger partial charge on any atom is -0.356 e. The zero-order valence-corrected chi connectivity index (χ0v) is 15.5. The maximum Gasteiger partial charge on any atom is 0.221 e. The molecule has 0 radical (unpaired) electrons. The summed E-state index contributed by atoms with van der Waals surface area (Å²) in [7, 11) is 1.78. The average Bonchev–Trinajstić information content (AvgIpc) is 2.66. The molecule has 1 aliphatic heterocycles. The van der Waals surface area contributed by atoms with Gasteiger partial charge in [-0.2, -0.15) is 0 Å². The molecule has 0 spiro atoms. The lowest BCUT2D eigenvalue weighted by Crippen LogP contribution is -2.53. The van der Waals surface area contributed by atoms with Crippen molar-refractivity contribution in [1.82, 2.24) is 20.5 Å². The number of pyridine rings is 1. The van der Waals surface area contributed by atoms with Crippen molar-refractivity contribution in [2.75, 3.05) is 44.7 Å².